The first kappa shape index (κ1) is 13.7. The third-order valence-electron chi connectivity index (χ3n) is 3.57. The van der Waals surface area contributed by atoms with Crippen LogP contribution in [0.4, 0.5) is 5.69 Å². The summed E-state index contributed by atoms with van der Waals surface area (Å²) in [6.07, 6.45) is 0. The molecular weight excluding hydrogens is 296 g/mol. The van der Waals surface area contributed by atoms with Crippen molar-refractivity contribution in [2.45, 2.75) is 6.92 Å². The number of ether oxygens (including phenoxy) is 3. The first-order valence-electron chi connectivity index (χ1n) is 7.44. The molecule has 0 amide bonds. The van der Waals surface area contributed by atoms with Gasteiger partial charge in [-0.15, -0.1) is 10.2 Å². The number of aromatic nitrogens is 3. The van der Waals surface area contributed by atoms with E-state index in [1.165, 1.54) is 0 Å². The fourth-order valence-corrected chi connectivity index (χ4v) is 2.51. The van der Waals surface area contributed by atoms with Gasteiger partial charge in [0.1, 0.15) is 30.0 Å². The number of nitrogens with two attached hydrogens (primary N) is 1. The Morgan fingerprint density at radius 1 is 1.09 bits per heavy atom. The van der Waals surface area contributed by atoms with Crippen molar-refractivity contribution in [3.63, 3.8) is 0 Å². The molecule has 3 aromatic rings. The summed E-state index contributed by atoms with van der Waals surface area (Å²) in [4.78, 5) is 1.55. The second-order valence-electron chi connectivity index (χ2n) is 5.13. The zero-order valence-corrected chi connectivity index (χ0v) is 12.7. The lowest BCUT2D eigenvalue weighted by Gasteiger charge is -2.18. The van der Waals surface area contributed by atoms with Crippen LogP contribution in [0.3, 0.4) is 0 Å². The Balaban J connectivity index is 1.77. The summed E-state index contributed by atoms with van der Waals surface area (Å²) in [5, 5.41) is 8.96. The second-order valence-corrected chi connectivity index (χ2v) is 5.13. The lowest BCUT2D eigenvalue weighted by molar-refractivity contribution is 0.171. The first-order chi connectivity index (χ1) is 11.2. The summed E-state index contributed by atoms with van der Waals surface area (Å²) in [5.41, 5.74) is 8.75. The molecule has 23 heavy (non-hydrogen) atoms. The van der Waals surface area contributed by atoms with E-state index >= 15 is 0 Å². The van der Waals surface area contributed by atoms with E-state index in [0.29, 0.717) is 42.5 Å². The fourth-order valence-electron chi connectivity index (χ4n) is 2.51. The van der Waals surface area contributed by atoms with E-state index in [4.69, 9.17) is 19.9 Å². The quantitative estimate of drug-likeness (QED) is 0.746. The third kappa shape index (κ3) is 2.40. The predicted molar refractivity (Wildman–Crippen MR) is 85.4 cm³/mol. The van der Waals surface area contributed by atoms with Crippen LogP contribution in [0.15, 0.2) is 30.3 Å². The minimum Gasteiger partial charge on any atom is -0.492 e. The molecule has 7 nitrogen and oxygen atoms in total. The molecule has 0 atom stereocenters. The van der Waals surface area contributed by atoms with Crippen molar-refractivity contribution in [3.8, 4) is 22.9 Å². The van der Waals surface area contributed by atoms with Crippen molar-refractivity contribution in [2.75, 3.05) is 25.6 Å². The van der Waals surface area contributed by atoms with Crippen molar-refractivity contribution in [3.05, 3.63) is 30.3 Å². The zero-order chi connectivity index (χ0) is 15.8. The number of benzene rings is 2. The lowest BCUT2D eigenvalue weighted by atomic mass is 10.2. The number of hydrogen-bond donors (Lipinski definition) is 1. The Hall–Kier alpha value is -2.96. The fraction of sp³-hybridized carbons (Fsp3) is 0.250. The lowest BCUT2D eigenvalue weighted by Crippen LogP contribution is -2.15. The molecule has 0 saturated heterocycles. The maximum Gasteiger partial charge on any atom is 0.163 e. The molecule has 0 bridgehead atoms. The molecule has 4 rings (SSSR count). The van der Waals surface area contributed by atoms with Gasteiger partial charge in [-0.25, -0.2) is 0 Å². The van der Waals surface area contributed by atoms with Gasteiger partial charge in [-0.1, -0.05) is 0 Å². The average Bonchev–Trinajstić information content (AvgIpc) is 2.98. The first-order valence-corrected chi connectivity index (χ1v) is 7.44. The van der Waals surface area contributed by atoms with Crippen molar-refractivity contribution >= 4 is 16.7 Å². The smallest absolute Gasteiger partial charge is 0.163 e. The van der Waals surface area contributed by atoms with E-state index < -0.39 is 0 Å². The van der Waals surface area contributed by atoms with Crippen LogP contribution in [0.25, 0.3) is 16.7 Å². The SMILES string of the molecule is CCOc1cc2nn(-c3ccc4c(c3)OCCO4)nc2cc1N. The summed E-state index contributed by atoms with van der Waals surface area (Å²) >= 11 is 0. The molecule has 7 heteroatoms. The summed E-state index contributed by atoms with van der Waals surface area (Å²) in [7, 11) is 0. The van der Waals surface area contributed by atoms with Crippen LogP contribution in [-0.2, 0) is 0 Å². The van der Waals surface area contributed by atoms with Crippen LogP contribution in [-0.4, -0.2) is 34.8 Å². The number of anilines is 1. The van der Waals surface area contributed by atoms with Crippen molar-refractivity contribution in [2.24, 2.45) is 0 Å². The van der Waals surface area contributed by atoms with Gasteiger partial charge in [-0.2, -0.15) is 4.80 Å². The van der Waals surface area contributed by atoms with E-state index in [0.717, 1.165) is 17.0 Å². The highest BCUT2D eigenvalue weighted by Crippen LogP contribution is 2.32. The van der Waals surface area contributed by atoms with Crippen molar-refractivity contribution < 1.29 is 14.2 Å². The molecule has 0 unspecified atom stereocenters. The van der Waals surface area contributed by atoms with Gasteiger partial charge in [0.2, 0.25) is 0 Å². The molecule has 0 radical (unpaired) electrons. The predicted octanol–water partition coefficient (Wildman–Crippen LogP) is 2.17. The summed E-state index contributed by atoms with van der Waals surface area (Å²) in [6, 6.07) is 9.18. The van der Waals surface area contributed by atoms with Gasteiger partial charge < -0.3 is 19.9 Å². The summed E-state index contributed by atoms with van der Waals surface area (Å²) in [5.74, 6) is 2.05. The standard InChI is InChI=1S/C16H16N4O3/c1-2-21-15-9-13-12(8-11(15)17)18-20(19-13)10-3-4-14-16(7-10)23-6-5-22-14/h3-4,7-9H,2,5-6,17H2,1H3. The Labute approximate surface area is 132 Å². The van der Waals surface area contributed by atoms with Crippen LogP contribution in [0.5, 0.6) is 17.2 Å². The Morgan fingerprint density at radius 2 is 1.83 bits per heavy atom. The van der Waals surface area contributed by atoms with Crippen LogP contribution in [0, 0.1) is 0 Å². The van der Waals surface area contributed by atoms with E-state index in [-0.39, 0.29) is 0 Å². The van der Waals surface area contributed by atoms with E-state index in [9.17, 15) is 0 Å². The zero-order valence-electron chi connectivity index (χ0n) is 12.7. The largest absolute Gasteiger partial charge is 0.492 e. The highest BCUT2D eigenvalue weighted by molar-refractivity contribution is 5.81. The van der Waals surface area contributed by atoms with Crippen LogP contribution in [0.1, 0.15) is 6.92 Å². The van der Waals surface area contributed by atoms with Crippen LogP contribution in [0.2, 0.25) is 0 Å². The molecule has 118 valence electrons. The summed E-state index contributed by atoms with van der Waals surface area (Å²) in [6.45, 7) is 3.57. The number of hydrogen-bond acceptors (Lipinski definition) is 6. The molecule has 2 aromatic carbocycles. The third-order valence-corrected chi connectivity index (χ3v) is 3.57. The van der Waals surface area contributed by atoms with Gasteiger partial charge in [0.05, 0.1) is 18.0 Å². The summed E-state index contributed by atoms with van der Waals surface area (Å²) < 4.78 is 16.6. The molecule has 0 aliphatic carbocycles. The van der Waals surface area contributed by atoms with Gasteiger partial charge in [0, 0.05) is 12.1 Å². The highest BCUT2D eigenvalue weighted by atomic mass is 16.6. The minimum absolute atomic E-state index is 0.541. The number of rotatable bonds is 3. The van der Waals surface area contributed by atoms with Gasteiger partial charge >= 0.3 is 0 Å². The molecular formula is C16H16N4O3. The number of nitrogens with zero attached hydrogens (tertiary/aromatic N) is 3. The Morgan fingerprint density at radius 3 is 2.61 bits per heavy atom. The molecule has 2 heterocycles. The van der Waals surface area contributed by atoms with Gasteiger partial charge in [0.25, 0.3) is 0 Å². The number of fused-ring (bicyclic) bond motifs is 2. The van der Waals surface area contributed by atoms with E-state index in [1.54, 1.807) is 16.9 Å². The van der Waals surface area contributed by atoms with E-state index in [1.807, 2.05) is 25.1 Å². The van der Waals surface area contributed by atoms with Gasteiger partial charge in [-0.3, -0.25) is 0 Å². The molecule has 1 aliphatic rings. The molecule has 1 aliphatic heterocycles. The van der Waals surface area contributed by atoms with Crippen molar-refractivity contribution in [1.29, 1.82) is 0 Å². The van der Waals surface area contributed by atoms with Gasteiger partial charge in [0.15, 0.2) is 11.5 Å². The molecule has 0 fully saturated rings. The van der Waals surface area contributed by atoms with Crippen LogP contribution >= 0.6 is 0 Å². The highest BCUT2D eigenvalue weighted by Gasteiger charge is 2.14. The minimum atomic E-state index is 0.541. The molecule has 0 saturated carbocycles. The van der Waals surface area contributed by atoms with Crippen molar-refractivity contribution in [1.82, 2.24) is 15.0 Å². The normalized spacial score (nSPS) is 13.3. The molecule has 1 aromatic heterocycles. The maximum absolute atomic E-state index is 5.97. The van der Waals surface area contributed by atoms with E-state index in [2.05, 4.69) is 10.2 Å². The second kappa shape index (κ2) is 5.35. The topological polar surface area (TPSA) is 84.4 Å². The number of nitrogen functional groups attached to an aromatic ring is 1. The molecule has 2 N–H and O–H groups in total. The Bertz CT molecular complexity index is 875. The average molecular weight is 312 g/mol. The van der Waals surface area contributed by atoms with Crippen LogP contribution < -0.4 is 19.9 Å². The Kier molecular flexibility index (Phi) is 3.18. The maximum atomic E-state index is 5.97. The monoisotopic (exact) mass is 312 g/mol. The molecule has 0 spiro atoms. The van der Waals surface area contributed by atoms with Gasteiger partial charge in [-0.05, 0) is 25.1 Å².